The van der Waals surface area contributed by atoms with E-state index in [0.717, 1.165) is 42.8 Å². The van der Waals surface area contributed by atoms with E-state index < -0.39 is 11.9 Å². The first-order chi connectivity index (χ1) is 11.4. The van der Waals surface area contributed by atoms with Crippen LogP contribution in [0.25, 0.3) is 0 Å². The van der Waals surface area contributed by atoms with Crippen molar-refractivity contribution in [2.75, 3.05) is 33.4 Å². The van der Waals surface area contributed by atoms with Crippen molar-refractivity contribution in [2.45, 2.75) is 12.8 Å². The SMILES string of the molecule is COCCNCCCCOc1ccc(Br)cc1Cl.O=C(O)C(=O)O. The lowest BCUT2D eigenvalue weighted by atomic mass is 10.3. The highest BCUT2D eigenvalue weighted by Gasteiger charge is 2.04. The molecule has 7 nitrogen and oxygen atoms in total. The van der Waals surface area contributed by atoms with Crippen LogP contribution < -0.4 is 10.1 Å². The summed E-state index contributed by atoms with van der Waals surface area (Å²) in [5.41, 5.74) is 0. The van der Waals surface area contributed by atoms with Gasteiger partial charge in [0, 0.05) is 18.1 Å². The quantitative estimate of drug-likeness (QED) is 0.412. The molecule has 0 fully saturated rings. The Morgan fingerprint density at radius 1 is 1.17 bits per heavy atom. The maximum absolute atomic E-state index is 9.10. The van der Waals surface area contributed by atoms with Gasteiger partial charge >= 0.3 is 11.9 Å². The van der Waals surface area contributed by atoms with Crippen molar-refractivity contribution in [2.24, 2.45) is 0 Å². The molecule has 1 rings (SSSR count). The van der Waals surface area contributed by atoms with Crippen LogP contribution >= 0.6 is 27.5 Å². The summed E-state index contributed by atoms with van der Waals surface area (Å²) in [7, 11) is 1.71. The lowest BCUT2D eigenvalue weighted by Crippen LogP contribution is -2.20. The summed E-state index contributed by atoms with van der Waals surface area (Å²) in [6, 6.07) is 5.64. The van der Waals surface area contributed by atoms with Gasteiger partial charge in [0.05, 0.1) is 18.2 Å². The minimum Gasteiger partial charge on any atom is -0.492 e. The van der Waals surface area contributed by atoms with Gasteiger partial charge in [-0.3, -0.25) is 0 Å². The first-order valence-electron chi connectivity index (χ1n) is 7.12. The van der Waals surface area contributed by atoms with Crippen molar-refractivity contribution in [3.63, 3.8) is 0 Å². The zero-order chi connectivity index (χ0) is 18.4. The molecule has 1 aromatic rings. The number of methoxy groups -OCH3 is 1. The van der Waals surface area contributed by atoms with Crippen LogP contribution in [0.3, 0.4) is 0 Å². The summed E-state index contributed by atoms with van der Waals surface area (Å²) in [4.78, 5) is 18.2. The molecule has 0 spiro atoms. The van der Waals surface area contributed by atoms with E-state index in [1.54, 1.807) is 7.11 Å². The second kappa shape index (κ2) is 14.0. The fraction of sp³-hybridized carbons (Fsp3) is 0.467. The van der Waals surface area contributed by atoms with Gasteiger partial charge in [-0.25, -0.2) is 9.59 Å². The van der Waals surface area contributed by atoms with Crippen LogP contribution in [0.1, 0.15) is 12.8 Å². The largest absolute Gasteiger partial charge is 0.492 e. The predicted molar refractivity (Wildman–Crippen MR) is 93.9 cm³/mol. The van der Waals surface area contributed by atoms with E-state index in [0.29, 0.717) is 11.6 Å². The number of hydrogen-bond acceptors (Lipinski definition) is 5. The summed E-state index contributed by atoms with van der Waals surface area (Å²) in [6.45, 7) is 3.33. The monoisotopic (exact) mass is 425 g/mol. The first-order valence-corrected chi connectivity index (χ1v) is 8.29. The van der Waals surface area contributed by atoms with Crippen molar-refractivity contribution in [1.29, 1.82) is 0 Å². The van der Waals surface area contributed by atoms with E-state index in [-0.39, 0.29) is 0 Å². The summed E-state index contributed by atoms with van der Waals surface area (Å²) in [5.74, 6) is -2.91. The number of carboxylic acids is 2. The van der Waals surface area contributed by atoms with Gasteiger partial charge in [-0.1, -0.05) is 27.5 Å². The standard InChI is InChI=1S/C13H19BrClNO2.C2H2O4/c1-17-9-7-16-6-2-3-8-18-13-5-4-11(14)10-12(13)15;3-1(4)2(5)6/h4-5,10,16H,2-3,6-9H2,1H3;(H,3,4)(H,5,6). The highest BCUT2D eigenvalue weighted by molar-refractivity contribution is 9.10. The number of carboxylic acid groups (broad SMARTS) is 2. The Morgan fingerprint density at radius 3 is 2.38 bits per heavy atom. The van der Waals surface area contributed by atoms with E-state index in [9.17, 15) is 0 Å². The van der Waals surface area contributed by atoms with Gasteiger partial charge < -0.3 is 25.0 Å². The predicted octanol–water partition coefficient (Wildman–Crippen LogP) is 2.65. The average molecular weight is 427 g/mol. The number of nitrogens with one attached hydrogen (secondary N) is 1. The second-order valence-corrected chi connectivity index (χ2v) is 5.81. The number of benzene rings is 1. The molecule has 0 aliphatic heterocycles. The van der Waals surface area contributed by atoms with Gasteiger partial charge in [-0.05, 0) is 37.6 Å². The highest BCUT2D eigenvalue weighted by Crippen LogP contribution is 2.27. The van der Waals surface area contributed by atoms with Gasteiger partial charge in [-0.15, -0.1) is 0 Å². The molecule has 0 unspecified atom stereocenters. The molecule has 24 heavy (non-hydrogen) atoms. The number of rotatable bonds is 9. The molecule has 0 radical (unpaired) electrons. The number of halogens is 2. The normalized spacial score (nSPS) is 9.79. The Hall–Kier alpha value is -1.35. The van der Waals surface area contributed by atoms with E-state index in [2.05, 4.69) is 21.2 Å². The molecule has 0 aliphatic carbocycles. The lowest BCUT2D eigenvalue weighted by Gasteiger charge is -2.08. The summed E-state index contributed by atoms with van der Waals surface area (Å²) in [6.07, 6.45) is 2.09. The van der Waals surface area contributed by atoms with Gasteiger partial charge in [0.2, 0.25) is 0 Å². The number of aliphatic carboxylic acids is 2. The van der Waals surface area contributed by atoms with Gasteiger partial charge in [0.1, 0.15) is 5.75 Å². The van der Waals surface area contributed by atoms with E-state index >= 15 is 0 Å². The molecule has 136 valence electrons. The van der Waals surface area contributed by atoms with Crippen LogP contribution in [0.5, 0.6) is 5.75 Å². The van der Waals surface area contributed by atoms with E-state index in [4.69, 9.17) is 40.9 Å². The van der Waals surface area contributed by atoms with Crippen molar-refractivity contribution < 1.29 is 29.3 Å². The molecule has 3 N–H and O–H groups in total. The molecule has 0 heterocycles. The Kier molecular flexibility index (Phi) is 13.2. The Labute approximate surface area is 154 Å². The van der Waals surface area contributed by atoms with Crippen molar-refractivity contribution >= 4 is 39.5 Å². The van der Waals surface area contributed by atoms with Gasteiger partial charge in [0.15, 0.2) is 0 Å². The maximum Gasteiger partial charge on any atom is 0.414 e. The number of ether oxygens (including phenoxy) is 2. The summed E-state index contributed by atoms with van der Waals surface area (Å²) < 4.78 is 11.5. The van der Waals surface area contributed by atoms with Crippen molar-refractivity contribution in [3.05, 3.63) is 27.7 Å². The topological polar surface area (TPSA) is 105 Å². The van der Waals surface area contributed by atoms with Crippen LogP contribution in [0, 0.1) is 0 Å². The maximum atomic E-state index is 9.10. The summed E-state index contributed by atoms with van der Waals surface area (Å²) >= 11 is 9.41. The first kappa shape index (κ1) is 22.6. The molecule has 0 aromatic heterocycles. The lowest BCUT2D eigenvalue weighted by molar-refractivity contribution is -0.159. The van der Waals surface area contributed by atoms with Gasteiger partial charge in [-0.2, -0.15) is 0 Å². The fourth-order valence-corrected chi connectivity index (χ4v) is 2.15. The molecule has 9 heteroatoms. The Balaban J connectivity index is 0.000000754. The second-order valence-electron chi connectivity index (χ2n) is 4.48. The summed E-state index contributed by atoms with van der Waals surface area (Å²) in [5, 5.41) is 18.7. The number of unbranched alkanes of at least 4 members (excludes halogenated alkanes) is 1. The minimum atomic E-state index is -1.82. The zero-order valence-corrected chi connectivity index (χ0v) is 15.6. The third kappa shape index (κ3) is 12.1. The fourth-order valence-electron chi connectivity index (χ4n) is 1.43. The van der Waals surface area contributed by atoms with E-state index in [1.807, 2.05) is 18.2 Å². The minimum absolute atomic E-state index is 0.641. The van der Waals surface area contributed by atoms with Crippen LogP contribution in [-0.2, 0) is 14.3 Å². The van der Waals surface area contributed by atoms with E-state index in [1.165, 1.54) is 0 Å². The molecular weight excluding hydrogens is 406 g/mol. The molecule has 0 atom stereocenters. The Bertz CT molecular complexity index is 503. The molecule has 0 amide bonds. The smallest absolute Gasteiger partial charge is 0.414 e. The third-order valence-electron chi connectivity index (χ3n) is 2.57. The third-order valence-corrected chi connectivity index (χ3v) is 3.35. The van der Waals surface area contributed by atoms with Crippen LogP contribution in [0.2, 0.25) is 5.02 Å². The number of hydrogen-bond donors (Lipinski definition) is 3. The zero-order valence-electron chi connectivity index (χ0n) is 13.3. The molecule has 0 saturated carbocycles. The number of carbonyl (C=O) groups is 2. The van der Waals surface area contributed by atoms with Crippen LogP contribution in [0.4, 0.5) is 0 Å². The van der Waals surface area contributed by atoms with Crippen LogP contribution in [0.15, 0.2) is 22.7 Å². The van der Waals surface area contributed by atoms with Crippen molar-refractivity contribution in [3.8, 4) is 5.75 Å². The molecular formula is C15H21BrClNO6. The van der Waals surface area contributed by atoms with Crippen molar-refractivity contribution in [1.82, 2.24) is 5.32 Å². The molecule has 0 aliphatic rings. The molecule has 0 bridgehead atoms. The van der Waals surface area contributed by atoms with Gasteiger partial charge in [0.25, 0.3) is 0 Å². The molecule has 1 aromatic carbocycles. The molecule has 0 saturated heterocycles. The Morgan fingerprint density at radius 2 is 1.83 bits per heavy atom. The van der Waals surface area contributed by atoms with Crippen LogP contribution in [-0.4, -0.2) is 55.6 Å². The highest BCUT2D eigenvalue weighted by atomic mass is 79.9. The average Bonchev–Trinajstić information content (AvgIpc) is 2.52.